The number of rotatable bonds is 5. The van der Waals surface area contributed by atoms with Gasteiger partial charge in [0.2, 0.25) is 0 Å². The van der Waals surface area contributed by atoms with Gasteiger partial charge in [-0.1, -0.05) is 11.2 Å². The third kappa shape index (κ3) is 3.64. The second-order valence-electron chi connectivity index (χ2n) is 5.89. The Morgan fingerprint density at radius 3 is 2.59 bits per heavy atom. The molecule has 3 aromatic rings. The number of hydrogen-bond donors (Lipinski definition) is 1. The van der Waals surface area contributed by atoms with E-state index in [9.17, 15) is 8.42 Å². The van der Waals surface area contributed by atoms with Crippen molar-refractivity contribution in [3.8, 4) is 23.1 Å². The van der Waals surface area contributed by atoms with Crippen molar-refractivity contribution < 1.29 is 17.7 Å². The molecule has 0 aliphatic heterocycles. The number of benzene rings is 2. The summed E-state index contributed by atoms with van der Waals surface area (Å²) in [7, 11) is -2.57. The highest BCUT2D eigenvalue weighted by atomic mass is 32.2. The molecular formula is C19H17N3O4S. The molecule has 7 nitrogen and oxygen atoms in total. The Kier molecular flexibility index (Phi) is 4.88. The highest BCUT2D eigenvalue weighted by Gasteiger charge is 2.22. The van der Waals surface area contributed by atoms with E-state index in [1.54, 1.807) is 30.3 Å². The van der Waals surface area contributed by atoms with E-state index in [1.165, 1.54) is 19.2 Å². The Hall–Kier alpha value is -3.31. The minimum absolute atomic E-state index is 0.0432. The molecule has 8 heteroatoms. The van der Waals surface area contributed by atoms with Gasteiger partial charge in [-0.05, 0) is 50.2 Å². The number of ether oxygens (including phenoxy) is 1. The second kappa shape index (κ2) is 7.13. The Bertz CT molecular complexity index is 1140. The minimum atomic E-state index is -3.96. The van der Waals surface area contributed by atoms with Crippen LogP contribution in [0.2, 0.25) is 0 Å². The first-order valence-electron chi connectivity index (χ1n) is 8.00. The molecule has 0 aliphatic rings. The number of nitrogens with zero attached hydrogens (tertiary/aromatic N) is 2. The quantitative estimate of drug-likeness (QED) is 0.721. The Morgan fingerprint density at radius 2 is 1.96 bits per heavy atom. The van der Waals surface area contributed by atoms with Crippen molar-refractivity contribution in [1.82, 2.24) is 5.16 Å². The zero-order chi connectivity index (χ0) is 19.6. The van der Waals surface area contributed by atoms with Crippen molar-refractivity contribution in [1.29, 1.82) is 5.26 Å². The maximum Gasteiger partial charge on any atom is 0.265 e. The van der Waals surface area contributed by atoms with E-state index in [0.29, 0.717) is 16.9 Å². The molecule has 1 N–H and O–H groups in total. The third-order valence-corrected chi connectivity index (χ3v) is 5.52. The monoisotopic (exact) mass is 383 g/mol. The fourth-order valence-electron chi connectivity index (χ4n) is 2.57. The molecular weight excluding hydrogens is 366 g/mol. The van der Waals surface area contributed by atoms with E-state index >= 15 is 0 Å². The molecule has 0 saturated carbocycles. The average Bonchev–Trinajstić information content (AvgIpc) is 3.00. The molecule has 0 bridgehead atoms. The molecule has 2 aromatic carbocycles. The van der Waals surface area contributed by atoms with Crippen LogP contribution < -0.4 is 9.46 Å². The first-order valence-corrected chi connectivity index (χ1v) is 9.48. The van der Waals surface area contributed by atoms with Gasteiger partial charge in [0.15, 0.2) is 5.76 Å². The Labute approximate surface area is 157 Å². The van der Waals surface area contributed by atoms with Gasteiger partial charge < -0.3 is 9.26 Å². The summed E-state index contributed by atoms with van der Waals surface area (Å²) in [5, 5.41) is 12.9. The van der Waals surface area contributed by atoms with E-state index < -0.39 is 10.0 Å². The van der Waals surface area contributed by atoms with Crippen LogP contribution in [0.3, 0.4) is 0 Å². The van der Waals surface area contributed by atoms with E-state index in [2.05, 4.69) is 9.88 Å². The van der Waals surface area contributed by atoms with Gasteiger partial charge in [0.1, 0.15) is 10.6 Å². The number of aryl methyl sites for hydroxylation is 1. The number of sulfonamides is 1. The van der Waals surface area contributed by atoms with Gasteiger partial charge >= 0.3 is 0 Å². The lowest BCUT2D eigenvalue weighted by atomic mass is 10.1. The first-order chi connectivity index (χ1) is 12.9. The second-order valence-corrected chi connectivity index (χ2v) is 7.54. The Balaban J connectivity index is 2.06. The van der Waals surface area contributed by atoms with E-state index in [1.807, 2.05) is 19.9 Å². The molecule has 1 aromatic heterocycles. The Morgan fingerprint density at radius 1 is 1.19 bits per heavy atom. The molecule has 3 rings (SSSR count). The van der Waals surface area contributed by atoms with Crippen LogP contribution in [0.15, 0.2) is 51.9 Å². The summed E-state index contributed by atoms with van der Waals surface area (Å²) in [6.07, 6.45) is 0. The topological polar surface area (TPSA) is 105 Å². The minimum Gasteiger partial charge on any atom is -0.495 e. The van der Waals surface area contributed by atoms with Gasteiger partial charge in [0, 0.05) is 11.1 Å². The third-order valence-electron chi connectivity index (χ3n) is 4.12. The van der Waals surface area contributed by atoms with Crippen molar-refractivity contribution in [2.24, 2.45) is 0 Å². The summed E-state index contributed by atoms with van der Waals surface area (Å²) in [5.41, 5.74) is 2.77. The number of methoxy groups -OCH3 is 1. The number of hydrogen-bond acceptors (Lipinski definition) is 6. The van der Waals surface area contributed by atoms with Crippen LogP contribution >= 0.6 is 0 Å². The summed E-state index contributed by atoms with van der Waals surface area (Å²) in [4.78, 5) is -0.0432. The molecule has 0 aliphatic carbocycles. The summed E-state index contributed by atoms with van der Waals surface area (Å²) < 4.78 is 38.9. The molecule has 27 heavy (non-hydrogen) atoms. The van der Waals surface area contributed by atoms with Gasteiger partial charge in [0.25, 0.3) is 10.0 Å². The predicted molar refractivity (Wildman–Crippen MR) is 99.9 cm³/mol. The van der Waals surface area contributed by atoms with Crippen molar-refractivity contribution in [2.75, 3.05) is 11.8 Å². The molecule has 0 amide bonds. The lowest BCUT2D eigenvalue weighted by Crippen LogP contribution is -2.14. The predicted octanol–water partition coefficient (Wildman–Crippen LogP) is 3.64. The lowest BCUT2D eigenvalue weighted by molar-refractivity contribution is 0.402. The number of anilines is 1. The van der Waals surface area contributed by atoms with Crippen LogP contribution in [-0.4, -0.2) is 20.7 Å². The van der Waals surface area contributed by atoms with E-state index in [4.69, 9.17) is 14.5 Å². The van der Waals surface area contributed by atoms with Crippen LogP contribution in [-0.2, 0) is 10.0 Å². The summed E-state index contributed by atoms with van der Waals surface area (Å²) in [6, 6.07) is 12.9. The zero-order valence-electron chi connectivity index (χ0n) is 15.0. The van der Waals surface area contributed by atoms with Crippen molar-refractivity contribution >= 4 is 15.7 Å². The highest BCUT2D eigenvalue weighted by molar-refractivity contribution is 7.92. The highest BCUT2D eigenvalue weighted by Crippen LogP contribution is 2.33. The average molecular weight is 383 g/mol. The van der Waals surface area contributed by atoms with Gasteiger partial charge in [-0.15, -0.1) is 0 Å². The maximum atomic E-state index is 12.9. The van der Waals surface area contributed by atoms with Crippen LogP contribution in [0.4, 0.5) is 5.69 Å². The number of nitriles is 1. The van der Waals surface area contributed by atoms with Crippen LogP contribution in [0.5, 0.6) is 5.75 Å². The van der Waals surface area contributed by atoms with Crippen molar-refractivity contribution in [3.63, 3.8) is 0 Å². The molecule has 0 atom stereocenters. The number of nitrogens with one attached hydrogen (secondary N) is 1. The fraction of sp³-hybridized carbons (Fsp3) is 0.158. The molecule has 0 radical (unpaired) electrons. The standard InChI is InChI=1S/C19H17N3O4S/c1-12-13(2)21-26-19(12)15-7-8-17(25-3)18(10-15)27(23,24)22-16-6-4-5-14(9-16)11-20/h4-10,22H,1-3H3. The van der Waals surface area contributed by atoms with Gasteiger partial charge in [-0.25, -0.2) is 8.42 Å². The van der Waals surface area contributed by atoms with Crippen molar-refractivity contribution in [2.45, 2.75) is 18.7 Å². The van der Waals surface area contributed by atoms with Crippen molar-refractivity contribution in [3.05, 3.63) is 59.3 Å². The van der Waals surface area contributed by atoms with Crippen LogP contribution in [0.1, 0.15) is 16.8 Å². The van der Waals surface area contributed by atoms with E-state index in [0.717, 1.165) is 11.3 Å². The molecule has 0 spiro atoms. The maximum absolute atomic E-state index is 12.9. The largest absolute Gasteiger partial charge is 0.495 e. The molecule has 0 saturated heterocycles. The molecule has 1 heterocycles. The lowest BCUT2D eigenvalue weighted by Gasteiger charge is -2.13. The van der Waals surface area contributed by atoms with Gasteiger partial charge in [-0.3, -0.25) is 4.72 Å². The first kappa shape index (κ1) is 18.5. The fourth-order valence-corrected chi connectivity index (χ4v) is 3.82. The molecule has 0 unspecified atom stereocenters. The zero-order valence-corrected chi connectivity index (χ0v) is 15.8. The van der Waals surface area contributed by atoms with Crippen LogP contribution in [0, 0.1) is 25.2 Å². The van der Waals surface area contributed by atoms with E-state index in [-0.39, 0.29) is 16.3 Å². The van der Waals surface area contributed by atoms with Crippen LogP contribution in [0.25, 0.3) is 11.3 Å². The smallest absolute Gasteiger partial charge is 0.265 e. The number of aromatic nitrogens is 1. The van der Waals surface area contributed by atoms with Gasteiger partial charge in [-0.2, -0.15) is 5.26 Å². The molecule has 0 fully saturated rings. The molecule has 138 valence electrons. The normalized spacial score (nSPS) is 11.0. The summed E-state index contributed by atoms with van der Waals surface area (Å²) in [6.45, 7) is 3.67. The SMILES string of the molecule is COc1ccc(-c2onc(C)c2C)cc1S(=O)(=O)Nc1cccc(C#N)c1. The summed E-state index contributed by atoms with van der Waals surface area (Å²) >= 11 is 0. The summed E-state index contributed by atoms with van der Waals surface area (Å²) in [5.74, 6) is 0.689. The van der Waals surface area contributed by atoms with Gasteiger partial charge in [0.05, 0.1) is 30.1 Å².